The van der Waals surface area contributed by atoms with Crippen molar-refractivity contribution >= 4 is 23.4 Å². The highest BCUT2D eigenvalue weighted by Crippen LogP contribution is 2.32. The van der Waals surface area contributed by atoms with Gasteiger partial charge in [0.1, 0.15) is 0 Å². The number of hydrogen-bond donors (Lipinski definition) is 2. The smallest absolute Gasteiger partial charge is 0.343 e. The molecule has 1 aromatic carbocycles. The van der Waals surface area contributed by atoms with Gasteiger partial charge in [-0.05, 0) is 23.9 Å². The van der Waals surface area contributed by atoms with E-state index in [4.69, 9.17) is 5.73 Å². The van der Waals surface area contributed by atoms with Crippen LogP contribution in [0.2, 0.25) is 0 Å². The summed E-state index contributed by atoms with van der Waals surface area (Å²) in [5.41, 5.74) is 6.19. The Balaban J connectivity index is 2.39. The first-order chi connectivity index (χ1) is 9.04. The van der Waals surface area contributed by atoms with E-state index < -0.39 is 5.97 Å². The summed E-state index contributed by atoms with van der Waals surface area (Å²) in [6.07, 6.45) is 0. The van der Waals surface area contributed by atoms with Crippen molar-refractivity contribution in [3.8, 4) is 0 Å². The predicted molar refractivity (Wildman–Crippen MR) is 70.1 cm³/mol. The predicted octanol–water partition coefficient (Wildman–Crippen LogP) is 0.628. The maximum Gasteiger partial charge on any atom is 0.343 e. The lowest BCUT2D eigenvalue weighted by molar-refractivity contribution is 0.0601. The van der Waals surface area contributed by atoms with Gasteiger partial charge in [0.15, 0.2) is 5.16 Å². The summed E-state index contributed by atoms with van der Waals surface area (Å²) in [7, 11) is 2.88. The first kappa shape index (κ1) is 13.2. The van der Waals surface area contributed by atoms with Gasteiger partial charge < -0.3 is 10.5 Å². The Morgan fingerprint density at radius 2 is 2.26 bits per heavy atom. The van der Waals surface area contributed by atoms with Crippen LogP contribution in [0, 0.1) is 0 Å². The SMILES string of the molecule is COC(=O)c1cccc(Sc2n[nH]c(=O)n2C)c1N. The number of H-pyrrole nitrogens is 1. The van der Waals surface area contributed by atoms with Crippen molar-refractivity contribution in [1.82, 2.24) is 14.8 Å². The highest BCUT2D eigenvalue weighted by molar-refractivity contribution is 7.99. The molecule has 0 radical (unpaired) electrons. The number of carbonyl (C=O) groups is 1. The molecule has 0 saturated heterocycles. The van der Waals surface area contributed by atoms with Crippen LogP contribution >= 0.6 is 11.8 Å². The summed E-state index contributed by atoms with van der Waals surface area (Å²) in [4.78, 5) is 23.4. The quantitative estimate of drug-likeness (QED) is 0.631. The van der Waals surface area contributed by atoms with Gasteiger partial charge in [0, 0.05) is 11.9 Å². The highest BCUT2D eigenvalue weighted by atomic mass is 32.2. The third-order valence-corrected chi connectivity index (χ3v) is 3.64. The van der Waals surface area contributed by atoms with Crippen molar-refractivity contribution < 1.29 is 9.53 Å². The molecule has 7 nitrogen and oxygen atoms in total. The number of esters is 1. The zero-order valence-corrected chi connectivity index (χ0v) is 11.2. The monoisotopic (exact) mass is 280 g/mol. The fourth-order valence-electron chi connectivity index (χ4n) is 1.44. The molecule has 19 heavy (non-hydrogen) atoms. The minimum atomic E-state index is -0.504. The number of methoxy groups -OCH3 is 1. The molecule has 0 unspecified atom stereocenters. The van der Waals surface area contributed by atoms with Crippen LogP contribution in [-0.4, -0.2) is 27.8 Å². The number of nitrogen functional groups attached to an aromatic ring is 1. The van der Waals surface area contributed by atoms with E-state index in [9.17, 15) is 9.59 Å². The summed E-state index contributed by atoms with van der Waals surface area (Å²) in [5.74, 6) is -0.504. The molecule has 0 fully saturated rings. The molecule has 0 saturated carbocycles. The summed E-state index contributed by atoms with van der Waals surface area (Å²) in [6.45, 7) is 0. The lowest BCUT2D eigenvalue weighted by Gasteiger charge is -2.08. The Bertz CT molecular complexity index is 677. The average Bonchev–Trinajstić information content (AvgIpc) is 2.72. The lowest BCUT2D eigenvalue weighted by atomic mass is 10.2. The van der Waals surface area contributed by atoms with Gasteiger partial charge in [-0.15, -0.1) is 5.10 Å². The maximum absolute atomic E-state index is 11.5. The Morgan fingerprint density at radius 1 is 1.53 bits per heavy atom. The van der Waals surface area contributed by atoms with E-state index in [1.165, 1.54) is 23.4 Å². The standard InChI is InChI=1S/C11H12N4O3S/c1-15-10(17)13-14-11(15)19-7-5-3-4-6(8(7)12)9(16)18-2/h3-5H,12H2,1-2H3,(H,13,17). The molecule has 0 spiro atoms. The molecule has 0 aliphatic rings. The molecule has 3 N–H and O–H groups in total. The highest BCUT2D eigenvalue weighted by Gasteiger charge is 2.15. The molecule has 0 amide bonds. The van der Waals surface area contributed by atoms with Crippen LogP contribution in [0.1, 0.15) is 10.4 Å². The van der Waals surface area contributed by atoms with E-state index >= 15 is 0 Å². The molecule has 0 atom stereocenters. The van der Waals surface area contributed by atoms with Crippen LogP contribution in [0.4, 0.5) is 5.69 Å². The number of rotatable bonds is 3. The molecular formula is C11H12N4O3S. The Morgan fingerprint density at radius 3 is 2.84 bits per heavy atom. The van der Waals surface area contributed by atoms with E-state index in [-0.39, 0.29) is 11.3 Å². The van der Waals surface area contributed by atoms with Gasteiger partial charge in [0.05, 0.1) is 18.4 Å². The van der Waals surface area contributed by atoms with Gasteiger partial charge in [0.25, 0.3) is 0 Å². The number of carbonyl (C=O) groups excluding carboxylic acids is 1. The number of benzene rings is 1. The van der Waals surface area contributed by atoms with Gasteiger partial charge >= 0.3 is 11.7 Å². The molecular weight excluding hydrogens is 268 g/mol. The van der Waals surface area contributed by atoms with E-state index in [1.54, 1.807) is 25.2 Å². The summed E-state index contributed by atoms with van der Waals surface area (Å²) in [5, 5.41) is 6.65. The fraction of sp³-hybridized carbons (Fsp3) is 0.182. The number of aromatic amines is 1. The normalized spacial score (nSPS) is 10.4. The number of para-hydroxylation sites is 1. The second-order valence-corrected chi connectivity index (χ2v) is 4.69. The Kier molecular flexibility index (Phi) is 3.61. The molecule has 8 heteroatoms. The van der Waals surface area contributed by atoms with Crippen LogP contribution in [0.5, 0.6) is 0 Å². The largest absolute Gasteiger partial charge is 0.465 e. The van der Waals surface area contributed by atoms with Crippen LogP contribution in [0.3, 0.4) is 0 Å². The van der Waals surface area contributed by atoms with Crippen molar-refractivity contribution in [2.24, 2.45) is 7.05 Å². The zero-order valence-electron chi connectivity index (χ0n) is 10.3. The Hall–Kier alpha value is -2.22. The number of nitrogens with zero attached hydrogens (tertiary/aromatic N) is 2. The number of aromatic nitrogens is 3. The van der Waals surface area contributed by atoms with Crippen LogP contribution in [0.25, 0.3) is 0 Å². The average molecular weight is 280 g/mol. The van der Waals surface area contributed by atoms with Crippen molar-refractivity contribution in [2.75, 3.05) is 12.8 Å². The number of hydrogen-bond acceptors (Lipinski definition) is 6. The molecule has 0 aliphatic carbocycles. The van der Waals surface area contributed by atoms with Crippen molar-refractivity contribution in [2.45, 2.75) is 10.1 Å². The number of nitrogens with one attached hydrogen (secondary N) is 1. The van der Waals surface area contributed by atoms with E-state index in [1.807, 2.05) is 0 Å². The van der Waals surface area contributed by atoms with Gasteiger partial charge in [-0.2, -0.15) is 0 Å². The third-order valence-electron chi connectivity index (χ3n) is 2.51. The molecule has 0 bridgehead atoms. The van der Waals surface area contributed by atoms with Gasteiger partial charge in [-0.25, -0.2) is 14.7 Å². The molecule has 0 aliphatic heterocycles. The van der Waals surface area contributed by atoms with Gasteiger partial charge in [0.2, 0.25) is 0 Å². The zero-order chi connectivity index (χ0) is 14.0. The minimum Gasteiger partial charge on any atom is -0.465 e. The number of anilines is 1. The van der Waals surface area contributed by atoms with Crippen LogP contribution in [-0.2, 0) is 11.8 Å². The molecule has 1 aromatic heterocycles. The van der Waals surface area contributed by atoms with Crippen LogP contribution < -0.4 is 11.4 Å². The molecule has 100 valence electrons. The summed E-state index contributed by atoms with van der Waals surface area (Å²) >= 11 is 1.19. The second kappa shape index (κ2) is 5.19. The lowest BCUT2D eigenvalue weighted by Crippen LogP contribution is -2.13. The molecule has 2 rings (SSSR count). The summed E-state index contributed by atoms with van der Waals surface area (Å²) < 4.78 is 6.00. The third kappa shape index (κ3) is 2.48. The van der Waals surface area contributed by atoms with E-state index in [2.05, 4.69) is 14.9 Å². The fourth-order valence-corrected chi connectivity index (χ4v) is 2.32. The molecule has 1 heterocycles. The minimum absolute atomic E-state index is 0.285. The van der Waals surface area contributed by atoms with Crippen molar-refractivity contribution in [3.05, 3.63) is 34.2 Å². The first-order valence-corrected chi connectivity index (χ1v) is 6.12. The maximum atomic E-state index is 11.5. The molecule has 2 aromatic rings. The number of ether oxygens (including phenoxy) is 1. The first-order valence-electron chi connectivity index (χ1n) is 5.30. The topological polar surface area (TPSA) is 103 Å². The number of nitrogens with two attached hydrogens (primary N) is 1. The second-order valence-electron chi connectivity index (χ2n) is 3.68. The van der Waals surface area contributed by atoms with E-state index in [0.717, 1.165) is 0 Å². The van der Waals surface area contributed by atoms with Crippen molar-refractivity contribution in [3.63, 3.8) is 0 Å². The Labute approximate surface area is 112 Å². The van der Waals surface area contributed by atoms with Gasteiger partial charge in [-0.3, -0.25) is 4.57 Å². The van der Waals surface area contributed by atoms with Gasteiger partial charge in [-0.1, -0.05) is 6.07 Å². The van der Waals surface area contributed by atoms with E-state index in [0.29, 0.717) is 15.7 Å². The summed E-state index contributed by atoms with van der Waals surface area (Å²) in [6, 6.07) is 5.01. The van der Waals surface area contributed by atoms with Crippen LogP contribution in [0.15, 0.2) is 33.0 Å². The van der Waals surface area contributed by atoms with Crippen molar-refractivity contribution in [1.29, 1.82) is 0 Å².